The van der Waals surface area contributed by atoms with Crippen LogP contribution in [0.15, 0.2) is 66.2 Å². The summed E-state index contributed by atoms with van der Waals surface area (Å²) in [6.07, 6.45) is 0. The van der Waals surface area contributed by atoms with Gasteiger partial charge in [0, 0.05) is 12.1 Å². The van der Waals surface area contributed by atoms with Crippen molar-refractivity contribution in [2.45, 2.75) is 26.4 Å². The largest absolute Gasteiger partial charge is 0.489 e. The molecule has 0 bridgehead atoms. The van der Waals surface area contributed by atoms with Crippen molar-refractivity contribution < 1.29 is 126 Å². The Labute approximate surface area is 458 Å². The molecule has 0 spiro atoms. The molecule has 0 saturated carbocycles. The maximum atomic E-state index is 14.7. The molecular formula is C53H18F20N4O8. The normalized spacial score (nSPS) is 10.8. The number of carbonyl (C=O) groups excluding carboxylic acids is 2. The van der Waals surface area contributed by atoms with E-state index in [0.717, 1.165) is 24.3 Å². The fourth-order valence-corrected chi connectivity index (χ4v) is 6.97. The van der Waals surface area contributed by atoms with Crippen LogP contribution in [0.5, 0.6) is 23.0 Å². The van der Waals surface area contributed by atoms with Crippen LogP contribution >= 0.6 is 0 Å². The van der Waals surface area contributed by atoms with Gasteiger partial charge in [0.15, 0.2) is 93.1 Å². The number of hydrogen-bond acceptors (Lipinski definition) is 12. The maximum absolute atomic E-state index is 14.7. The summed E-state index contributed by atoms with van der Waals surface area (Å²) in [5.41, 5.74) is -11.1. The minimum atomic E-state index is -2.62. The van der Waals surface area contributed by atoms with Crippen molar-refractivity contribution in [2.75, 3.05) is 5.23 Å². The second-order valence-electron chi connectivity index (χ2n) is 16.4. The van der Waals surface area contributed by atoms with Crippen LogP contribution in [-0.4, -0.2) is 11.9 Å². The summed E-state index contributed by atoms with van der Waals surface area (Å²) in [6, 6.07) is 10.8. The van der Waals surface area contributed by atoms with Gasteiger partial charge in [-0.15, -0.1) is 0 Å². The van der Waals surface area contributed by atoms with Gasteiger partial charge in [-0.25, -0.2) is 97.4 Å². The summed E-state index contributed by atoms with van der Waals surface area (Å²) in [4.78, 5) is 38.7. The summed E-state index contributed by atoms with van der Waals surface area (Å²) >= 11 is 0. The summed E-state index contributed by atoms with van der Waals surface area (Å²) < 4.78 is 306. The smallest absolute Gasteiger partial charge is 0.367 e. The topological polar surface area (TPSA) is 164 Å². The highest BCUT2D eigenvalue weighted by atomic mass is 19.2. The molecule has 85 heavy (non-hydrogen) atoms. The number of anilines is 1. The highest BCUT2D eigenvalue weighted by molar-refractivity contribution is 5.93. The lowest BCUT2D eigenvalue weighted by Gasteiger charge is -2.22. The second kappa shape index (κ2) is 25.2. The van der Waals surface area contributed by atoms with Crippen molar-refractivity contribution in [3.63, 3.8) is 0 Å². The van der Waals surface area contributed by atoms with E-state index in [-0.39, 0.29) is 10.8 Å². The van der Waals surface area contributed by atoms with Crippen LogP contribution in [0.1, 0.15) is 48.5 Å². The molecule has 0 aliphatic heterocycles. The molecule has 0 aromatic heterocycles. The van der Waals surface area contributed by atoms with Crippen LogP contribution < -0.4 is 24.2 Å². The number of carbonyl (C=O) groups is 2. The van der Waals surface area contributed by atoms with Crippen LogP contribution in [0, 0.1) is 150 Å². The maximum Gasteiger partial charge on any atom is 0.367 e. The van der Waals surface area contributed by atoms with Gasteiger partial charge in [-0.1, -0.05) is 12.1 Å². The Bertz CT molecular complexity index is 3570. The first kappa shape index (κ1) is 61.9. The fraction of sp³-hybridized carbons (Fsp3) is 0.0755. The van der Waals surface area contributed by atoms with E-state index in [1.807, 2.05) is 0 Å². The first-order chi connectivity index (χ1) is 40.1. The van der Waals surface area contributed by atoms with Gasteiger partial charge in [0.2, 0.25) is 23.3 Å². The Morgan fingerprint density at radius 2 is 0.565 bits per heavy atom. The number of ether oxygens (including phenoxy) is 4. The molecule has 438 valence electrons. The molecule has 0 N–H and O–H groups in total. The third-order valence-electron chi connectivity index (χ3n) is 11.3. The molecule has 0 fully saturated rings. The van der Waals surface area contributed by atoms with Crippen LogP contribution in [0.25, 0.3) is 5.57 Å². The number of nitriles is 3. The van der Waals surface area contributed by atoms with E-state index in [9.17, 15) is 113 Å². The summed E-state index contributed by atoms with van der Waals surface area (Å²) in [5, 5.41) is 28.2. The Hall–Kier alpha value is -10.7. The van der Waals surface area contributed by atoms with Crippen molar-refractivity contribution in [2.24, 2.45) is 0 Å². The minimum absolute atomic E-state index is 0.185. The van der Waals surface area contributed by atoms with E-state index in [1.165, 1.54) is 12.1 Å². The molecule has 0 aliphatic rings. The molecule has 0 radical (unpaired) electrons. The van der Waals surface area contributed by atoms with E-state index in [1.54, 1.807) is 6.07 Å². The van der Waals surface area contributed by atoms with Gasteiger partial charge in [-0.05, 0) is 47.2 Å². The van der Waals surface area contributed by atoms with E-state index >= 15 is 0 Å². The summed E-state index contributed by atoms with van der Waals surface area (Å²) in [5.74, 6) is -57.5. The number of rotatable bonds is 18. The highest BCUT2D eigenvalue weighted by Crippen LogP contribution is 2.34. The molecule has 0 unspecified atom stereocenters. The average Bonchev–Trinajstić information content (AvgIpc) is 3.64. The van der Waals surface area contributed by atoms with E-state index in [2.05, 4.69) is 0 Å². The van der Waals surface area contributed by atoms with Crippen LogP contribution in [-0.2, 0) is 36.1 Å². The first-order valence-electron chi connectivity index (χ1n) is 22.3. The highest BCUT2D eigenvalue weighted by Gasteiger charge is 2.32. The molecule has 7 rings (SSSR count). The molecule has 7 aromatic rings. The molecular weight excluding hydrogens is 1200 g/mol. The lowest BCUT2D eigenvalue weighted by Crippen LogP contribution is -2.30. The fourth-order valence-electron chi connectivity index (χ4n) is 6.97. The Morgan fingerprint density at radius 1 is 0.329 bits per heavy atom. The zero-order valence-electron chi connectivity index (χ0n) is 40.7. The van der Waals surface area contributed by atoms with Crippen LogP contribution in [0.2, 0.25) is 0 Å². The van der Waals surface area contributed by atoms with E-state index < -0.39 is 228 Å². The van der Waals surface area contributed by atoms with Crippen LogP contribution in [0.4, 0.5) is 93.5 Å². The third kappa shape index (κ3) is 12.4. The third-order valence-corrected chi connectivity index (χ3v) is 11.3. The molecule has 12 nitrogen and oxygen atoms in total. The van der Waals surface area contributed by atoms with Gasteiger partial charge >= 0.3 is 11.9 Å². The Balaban J connectivity index is 1.31. The summed E-state index contributed by atoms with van der Waals surface area (Å²) in [7, 11) is 0. The van der Waals surface area contributed by atoms with Crippen molar-refractivity contribution in [3.8, 4) is 41.2 Å². The standard InChI is InChI=1S/C53H18F20N4O8/c54-32-28(33(55)41(63)48(70)40(32)62)14-80-23-5-19(6-24(9-23)81-15-29-34(56)42(64)49(71)43(65)35(29)57)52(78)84-77(22-3-1-18(2-4-22)27(13-76)21(11-74)12-75)85-53(79)20-7-25(82-16-30-36(58)44(66)50(72)45(67)37(30)59)10-26(8-20)83-17-31-38(60)46(68)51(73)47(69)39(31)61/h1-10H,14-17H2. The van der Waals surface area contributed by atoms with E-state index in [4.69, 9.17) is 28.6 Å². The number of allylic oxidation sites excluding steroid dienone is 2. The van der Waals surface area contributed by atoms with Crippen molar-refractivity contribution >= 4 is 23.2 Å². The lowest BCUT2D eigenvalue weighted by molar-refractivity contribution is -0.0396. The van der Waals surface area contributed by atoms with E-state index in [0.29, 0.717) is 36.4 Å². The zero-order chi connectivity index (χ0) is 62.6. The van der Waals surface area contributed by atoms with Crippen molar-refractivity contribution in [1.29, 1.82) is 15.8 Å². The van der Waals surface area contributed by atoms with Gasteiger partial charge in [-0.3, -0.25) is 0 Å². The van der Waals surface area contributed by atoms with Gasteiger partial charge in [-0.2, -0.15) is 15.8 Å². The minimum Gasteiger partial charge on any atom is -0.489 e. The van der Waals surface area contributed by atoms with Gasteiger partial charge in [0.05, 0.1) is 39.0 Å². The predicted octanol–water partition coefficient (Wildman–Crippen LogP) is 13.5. The second-order valence-corrected chi connectivity index (χ2v) is 16.4. The lowest BCUT2D eigenvalue weighted by atomic mass is 10.0. The summed E-state index contributed by atoms with van der Waals surface area (Å²) in [6.45, 7) is -6.53. The number of halogens is 20. The monoisotopic (exact) mass is 1220 g/mol. The number of hydrogen-bond donors (Lipinski definition) is 0. The van der Waals surface area contributed by atoms with Crippen molar-refractivity contribution in [3.05, 3.63) is 222 Å². The van der Waals surface area contributed by atoms with Crippen molar-refractivity contribution in [1.82, 2.24) is 0 Å². The quantitative estimate of drug-likeness (QED) is 0.0263. The molecule has 7 aromatic carbocycles. The molecule has 0 aliphatic carbocycles. The van der Waals surface area contributed by atoms with Gasteiger partial charge < -0.3 is 28.6 Å². The number of benzene rings is 7. The first-order valence-corrected chi connectivity index (χ1v) is 22.3. The van der Waals surface area contributed by atoms with Gasteiger partial charge in [0.1, 0.15) is 78.9 Å². The van der Waals surface area contributed by atoms with Crippen LogP contribution in [0.3, 0.4) is 0 Å². The zero-order valence-corrected chi connectivity index (χ0v) is 40.7. The van der Waals surface area contributed by atoms with Gasteiger partial charge in [0.25, 0.3) is 0 Å². The Kier molecular flexibility index (Phi) is 18.3. The molecule has 0 amide bonds. The molecule has 0 saturated heterocycles. The SMILES string of the molecule is N#CC(C#N)=C(C#N)c1ccc(N(OC(=O)c2cc(OCc3c(F)c(F)c(F)c(F)c3F)cc(OCc3c(F)c(F)c(F)c(F)c3F)c2)OC(=O)c2cc(OCc3c(F)c(F)c(F)c(F)c3F)cc(OCc3c(F)c(F)c(F)c(F)c3F)c2)cc1. The number of nitrogens with zero attached hydrogens (tertiary/aromatic N) is 4. The molecule has 0 atom stereocenters. The molecule has 32 heteroatoms. The Morgan fingerprint density at radius 3 is 0.788 bits per heavy atom. The predicted molar refractivity (Wildman–Crippen MR) is 239 cm³/mol. The average molecular weight is 1220 g/mol. The molecule has 0 heterocycles.